The van der Waals surface area contributed by atoms with Crippen LogP contribution in [0, 0.1) is 0 Å². The van der Waals surface area contributed by atoms with E-state index in [0.29, 0.717) is 0 Å². The molecule has 0 aliphatic heterocycles. The Morgan fingerprint density at radius 2 is 2.00 bits per heavy atom. The van der Waals surface area contributed by atoms with Crippen molar-refractivity contribution in [2.24, 2.45) is 0 Å². The summed E-state index contributed by atoms with van der Waals surface area (Å²) in [5.41, 5.74) is 1.86. The highest BCUT2D eigenvalue weighted by atomic mass is 16.1. The smallest absolute Gasteiger partial charge is 0.161 e. The molecule has 0 radical (unpaired) electrons. The van der Waals surface area contributed by atoms with Gasteiger partial charge in [0.25, 0.3) is 0 Å². The van der Waals surface area contributed by atoms with E-state index in [-0.39, 0.29) is 5.78 Å². The van der Waals surface area contributed by atoms with Gasteiger partial charge in [0.2, 0.25) is 0 Å². The van der Waals surface area contributed by atoms with E-state index in [1.165, 1.54) is 6.42 Å². The number of para-hydroxylation sites is 1. The first-order valence-corrected chi connectivity index (χ1v) is 5.48. The van der Waals surface area contributed by atoms with Crippen molar-refractivity contribution in [2.45, 2.75) is 26.7 Å². The molecule has 2 nitrogen and oxygen atoms in total. The van der Waals surface area contributed by atoms with Gasteiger partial charge in [0.1, 0.15) is 0 Å². The van der Waals surface area contributed by atoms with Gasteiger partial charge in [0.15, 0.2) is 5.78 Å². The number of nitrogens with zero attached hydrogens (tertiary/aromatic N) is 1. The third-order valence-electron chi connectivity index (χ3n) is 2.54. The molecule has 2 heteroatoms. The average molecular weight is 205 g/mol. The van der Waals surface area contributed by atoms with Gasteiger partial charge in [-0.3, -0.25) is 4.79 Å². The summed E-state index contributed by atoms with van der Waals surface area (Å²) >= 11 is 0. The van der Waals surface area contributed by atoms with Gasteiger partial charge in [-0.2, -0.15) is 0 Å². The van der Waals surface area contributed by atoms with E-state index < -0.39 is 0 Å². The van der Waals surface area contributed by atoms with Crippen molar-refractivity contribution < 1.29 is 4.79 Å². The Balaban J connectivity index is 2.87. The van der Waals surface area contributed by atoms with E-state index in [1.807, 2.05) is 31.3 Å². The standard InChI is InChI=1S/C13H19NO/c1-4-5-10-14(3)13-9-7-6-8-12(13)11(2)15/h6-9H,4-5,10H2,1-3H3. The summed E-state index contributed by atoms with van der Waals surface area (Å²) in [6.45, 7) is 4.79. The van der Waals surface area contributed by atoms with Crippen molar-refractivity contribution in [3.05, 3.63) is 29.8 Å². The third-order valence-corrected chi connectivity index (χ3v) is 2.54. The predicted molar refractivity (Wildman–Crippen MR) is 64.6 cm³/mol. The molecular weight excluding hydrogens is 186 g/mol. The Hall–Kier alpha value is -1.31. The van der Waals surface area contributed by atoms with Crippen LogP contribution in [-0.4, -0.2) is 19.4 Å². The molecule has 0 atom stereocenters. The van der Waals surface area contributed by atoms with Gasteiger partial charge >= 0.3 is 0 Å². The van der Waals surface area contributed by atoms with Crippen molar-refractivity contribution in [3.8, 4) is 0 Å². The molecule has 1 aromatic carbocycles. The molecule has 0 spiro atoms. The highest BCUT2D eigenvalue weighted by Crippen LogP contribution is 2.19. The lowest BCUT2D eigenvalue weighted by Gasteiger charge is -2.21. The van der Waals surface area contributed by atoms with E-state index >= 15 is 0 Å². The summed E-state index contributed by atoms with van der Waals surface area (Å²) in [4.78, 5) is 13.6. The number of benzene rings is 1. The SMILES string of the molecule is CCCCN(C)c1ccccc1C(C)=O. The zero-order chi connectivity index (χ0) is 11.3. The van der Waals surface area contributed by atoms with E-state index in [9.17, 15) is 4.79 Å². The second-order valence-corrected chi connectivity index (χ2v) is 3.85. The van der Waals surface area contributed by atoms with Crippen molar-refractivity contribution in [2.75, 3.05) is 18.5 Å². The lowest BCUT2D eigenvalue weighted by molar-refractivity contribution is 0.101. The first kappa shape index (κ1) is 11.8. The van der Waals surface area contributed by atoms with Gasteiger partial charge in [-0.1, -0.05) is 25.5 Å². The van der Waals surface area contributed by atoms with Crippen LogP contribution in [0.15, 0.2) is 24.3 Å². The molecular formula is C13H19NO. The van der Waals surface area contributed by atoms with E-state index in [0.717, 1.165) is 24.2 Å². The van der Waals surface area contributed by atoms with Crippen LogP contribution in [0.2, 0.25) is 0 Å². The number of unbranched alkanes of at least 4 members (excludes halogenated alkanes) is 1. The fraction of sp³-hybridized carbons (Fsp3) is 0.462. The Bertz CT molecular complexity index is 333. The molecule has 15 heavy (non-hydrogen) atoms. The number of hydrogen-bond donors (Lipinski definition) is 0. The minimum absolute atomic E-state index is 0.133. The van der Waals surface area contributed by atoms with Gasteiger partial charge in [-0.05, 0) is 25.5 Å². The monoisotopic (exact) mass is 205 g/mol. The molecule has 0 aliphatic rings. The number of Topliss-reactive ketones (excluding diaryl/α,β-unsaturated/α-hetero) is 1. The molecule has 0 fully saturated rings. The normalized spacial score (nSPS) is 10.1. The summed E-state index contributed by atoms with van der Waals surface area (Å²) in [6.07, 6.45) is 2.33. The molecule has 0 saturated heterocycles. The molecule has 0 aliphatic carbocycles. The maximum atomic E-state index is 11.4. The second-order valence-electron chi connectivity index (χ2n) is 3.85. The van der Waals surface area contributed by atoms with Gasteiger partial charge in [-0.25, -0.2) is 0 Å². The van der Waals surface area contributed by atoms with Crippen LogP contribution in [0.4, 0.5) is 5.69 Å². The highest BCUT2D eigenvalue weighted by Gasteiger charge is 2.09. The third kappa shape index (κ3) is 3.08. The number of carbonyl (C=O) groups is 1. The first-order valence-electron chi connectivity index (χ1n) is 5.48. The van der Waals surface area contributed by atoms with Crippen molar-refractivity contribution in [1.29, 1.82) is 0 Å². The van der Waals surface area contributed by atoms with E-state index in [2.05, 4.69) is 11.8 Å². The van der Waals surface area contributed by atoms with Gasteiger partial charge in [0, 0.05) is 24.8 Å². The summed E-state index contributed by atoms with van der Waals surface area (Å²) in [6, 6.07) is 7.78. The fourth-order valence-electron chi connectivity index (χ4n) is 1.62. The topological polar surface area (TPSA) is 20.3 Å². The lowest BCUT2D eigenvalue weighted by atomic mass is 10.1. The molecule has 0 amide bonds. The van der Waals surface area contributed by atoms with Crippen molar-refractivity contribution >= 4 is 11.5 Å². The molecule has 0 bridgehead atoms. The number of hydrogen-bond acceptors (Lipinski definition) is 2. The van der Waals surface area contributed by atoms with Crippen LogP contribution in [-0.2, 0) is 0 Å². The Morgan fingerprint density at radius 3 is 2.60 bits per heavy atom. The van der Waals surface area contributed by atoms with Crippen molar-refractivity contribution in [3.63, 3.8) is 0 Å². The lowest BCUT2D eigenvalue weighted by Crippen LogP contribution is -2.20. The van der Waals surface area contributed by atoms with Crippen LogP contribution in [0.3, 0.4) is 0 Å². The first-order chi connectivity index (χ1) is 7.16. The Morgan fingerprint density at radius 1 is 1.33 bits per heavy atom. The molecule has 0 saturated carbocycles. The van der Waals surface area contributed by atoms with Gasteiger partial charge < -0.3 is 4.90 Å². The predicted octanol–water partition coefficient (Wildman–Crippen LogP) is 3.13. The van der Waals surface area contributed by atoms with Crippen LogP contribution in [0.5, 0.6) is 0 Å². The molecule has 82 valence electrons. The summed E-state index contributed by atoms with van der Waals surface area (Å²) in [5.74, 6) is 0.133. The maximum absolute atomic E-state index is 11.4. The van der Waals surface area contributed by atoms with Gasteiger partial charge in [0.05, 0.1) is 0 Å². The number of anilines is 1. The zero-order valence-electron chi connectivity index (χ0n) is 9.79. The second kappa shape index (κ2) is 5.54. The van der Waals surface area contributed by atoms with Crippen LogP contribution in [0.1, 0.15) is 37.0 Å². The summed E-state index contributed by atoms with van der Waals surface area (Å²) in [5, 5.41) is 0. The molecule has 0 heterocycles. The fourth-order valence-corrected chi connectivity index (χ4v) is 1.62. The maximum Gasteiger partial charge on any atom is 0.161 e. The van der Waals surface area contributed by atoms with Crippen molar-refractivity contribution in [1.82, 2.24) is 0 Å². The number of ketones is 1. The largest absolute Gasteiger partial charge is 0.374 e. The minimum Gasteiger partial charge on any atom is -0.374 e. The molecule has 1 rings (SSSR count). The molecule has 0 N–H and O–H groups in total. The highest BCUT2D eigenvalue weighted by molar-refractivity contribution is 5.99. The number of rotatable bonds is 5. The summed E-state index contributed by atoms with van der Waals surface area (Å²) in [7, 11) is 2.04. The van der Waals surface area contributed by atoms with Crippen LogP contribution >= 0.6 is 0 Å². The number of carbonyl (C=O) groups excluding carboxylic acids is 1. The Labute approximate surface area is 91.9 Å². The molecule has 0 unspecified atom stereocenters. The van der Waals surface area contributed by atoms with Gasteiger partial charge in [-0.15, -0.1) is 0 Å². The summed E-state index contributed by atoms with van der Waals surface area (Å²) < 4.78 is 0. The van der Waals surface area contributed by atoms with E-state index in [4.69, 9.17) is 0 Å². The molecule has 1 aromatic rings. The molecule has 0 aromatic heterocycles. The van der Waals surface area contributed by atoms with Crippen LogP contribution < -0.4 is 4.90 Å². The Kier molecular flexibility index (Phi) is 4.35. The van der Waals surface area contributed by atoms with Crippen LogP contribution in [0.25, 0.3) is 0 Å². The zero-order valence-corrected chi connectivity index (χ0v) is 9.79. The average Bonchev–Trinajstić information content (AvgIpc) is 2.25. The van der Waals surface area contributed by atoms with E-state index in [1.54, 1.807) is 6.92 Å². The minimum atomic E-state index is 0.133. The quantitative estimate of drug-likeness (QED) is 0.688.